The molecule has 0 radical (unpaired) electrons. The smallest absolute Gasteiger partial charge is 0.330 e. The molecule has 2 N–H and O–H groups in total. The number of nitrogens with zero attached hydrogens (tertiary/aromatic N) is 6. The Morgan fingerprint density at radius 1 is 1.17 bits per heavy atom. The summed E-state index contributed by atoms with van der Waals surface area (Å²) in [5, 5.41) is 10.4. The number of nitrogens with one attached hydrogen (secondary N) is 2. The minimum Gasteiger partial charge on any atom is -0.496 e. The van der Waals surface area contributed by atoms with Crippen molar-refractivity contribution in [2.24, 2.45) is 7.05 Å². The highest BCUT2D eigenvalue weighted by Gasteiger charge is 2.37. The maximum atomic E-state index is 14.3. The summed E-state index contributed by atoms with van der Waals surface area (Å²) in [6.07, 6.45) is 6.52. The summed E-state index contributed by atoms with van der Waals surface area (Å²) in [7, 11) is 5.01. The number of hydrogen-bond donors (Lipinski definition) is 2. The first-order valence-corrected chi connectivity index (χ1v) is 13.2. The second kappa shape index (κ2) is 11.5. The number of rotatable bonds is 9. The molecule has 0 saturated carbocycles. The molecule has 0 bridgehead atoms. The van der Waals surface area contributed by atoms with Crippen LogP contribution in [0.5, 0.6) is 11.5 Å². The van der Waals surface area contributed by atoms with Gasteiger partial charge in [-0.05, 0) is 19.9 Å². The van der Waals surface area contributed by atoms with Crippen molar-refractivity contribution in [1.29, 1.82) is 0 Å². The van der Waals surface area contributed by atoms with E-state index < -0.39 is 0 Å². The largest absolute Gasteiger partial charge is 0.496 e. The van der Waals surface area contributed by atoms with Crippen LogP contribution >= 0.6 is 0 Å². The van der Waals surface area contributed by atoms with Crippen molar-refractivity contribution in [3.05, 3.63) is 59.6 Å². The third-order valence-electron chi connectivity index (χ3n) is 7.32. The SMILES string of the molecule is C=CC(=O)NC1COCC1Nc1ncc2c(n1)N(Cc1cnn(C)c1)C(=O)N(c1c(C)c(OC)cc(OC)c1C)C2. The van der Waals surface area contributed by atoms with Crippen molar-refractivity contribution in [3.63, 3.8) is 0 Å². The molecule has 1 fully saturated rings. The highest BCUT2D eigenvalue weighted by Crippen LogP contribution is 2.42. The molecule has 2 unspecified atom stereocenters. The van der Waals surface area contributed by atoms with Crippen LogP contribution in [0.4, 0.5) is 22.2 Å². The highest BCUT2D eigenvalue weighted by atomic mass is 16.5. The summed E-state index contributed by atoms with van der Waals surface area (Å²) in [4.78, 5) is 38.8. The summed E-state index contributed by atoms with van der Waals surface area (Å²) in [6, 6.07) is 1.03. The molecule has 1 saturated heterocycles. The van der Waals surface area contributed by atoms with Gasteiger partial charge in [-0.15, -0.1) is 0 Å². The fourth-order valence-electron chi connectivity index (χ4n) is 5.27. The Morgan fingerprint density at radius 2 is 1.88 bits per heavy atom. The topological polar surface area (TPSA) is 136 Å². The Balaban J connectivity index is 1.53. The van der Waals surface area contributed by atoms with Gasteiger partial charge < -0.3 is 24.8 Å². The van der Waals surface area contributed by atoms with Gasteiger partial charge >= 0.3 is 6.03 Å². The molecule has 216 valence electrons. The standard InChI is InChI=1S/C28H34N8O5/c1-7-24(37)31-20-14-41-15-21(20)32-27-29-10-19-13-35(25-16(2)22(39-5)8-23(40-6)17(25)3)28(38)36(26(19)33-27)12-18-9-30-34(4)11-18/h7-11,20-21H,1,12-15H2,2-6H3,(H,31,37)(H,29,32,33). The Morgan fingerprint density at radius 3 is 2.51 bits per heavy atom. The number of carbonyl (C=O) groups excluding carboxylic acids is 2. The number of hydrogen-bond acceptors (Lipinski definition) is 9. The number of benzene rings is 1. The first kappa shape index (κ1) is 27.9. The van der Waals surface area contributed by atoms with Crippen LogP contribution in [-0.4, -0.2) is 71.2 Å². The highest BCUT2D eigenvalue weighted by molar-refractivity contribution is 6.06. The molecule has 0 spiro atoms. The lowest BCUT2D eigenvalue weighted by atomic mass is 10.0. The van der Waals surface area contributed by atoms with Crippen LogP contribution in [0.25, 0.3) is 0 Å². The van der Waals surface area contributed by atoms with Gasteiger partial charge in [0.1, 0.15) is 17.3 Å². The minimum absolute atomic E-state index is 0.246. The Kier molecular flexibility index (Phi) is 7.79. The van der Waals surface area contributed by atoms with E-state index in [4.69, 9.17) is 19.2 Å². The van der Waals surface area contributed by atoms with Crippen molar-refractivity contribution < 1.29 is 23.8 Å². The zero-order chi connectivity index (χ0) is 29.3. The van der Waals surface area contributed by atoms with Gasteiger partial charge in [-0.25, -0.2) is 9.78 Å². The lowest BCUT2D eigenvalue weighted by Crippen LogP contribution is -2.48. The molecule has 13 heteroatoms. The zero-order valence-electron chi connectivity index (χ0n) is 23.8. The fourth-order valence-corrected chi connectivity index (χ4v) is 5.27. The molecule has 2 aliphatic rings. The summed E-state index contributed by atoms with van der Waals surface area (Å²) in [5.74, 6) is 1.76. The van der Waals surface area contributed by atoms with Crippen LogP contribution < -0.4 is 29.9 Å². The van der Waals surface area contributed by atoms with E-state index in [0.29, 0.717) is 42.2 Å². The normalized spacial score (nSPS) is 18.2. The average molecular weight is 563 g/mol. The number of amides is 3. The summed E-state index contributed by atoms with van der Waals surface area (Å²) >= 11 is 0. The second-order valence-corrected chi connectivity index (χ2v) is 10.0. The first-order valence-electron chi connectivity index (χ1n) is 13.2. The van der Waals surface area contributed by atoms with Gasteiger partial charge in [0.05, 0.1) is 64.5 Å². The second-order valence-electron chi connectivity index (χ2n) is 10.0. The van der Waals surface area contributed by atoms with Gasteiger partial charge in [0.25, 0.3) is 0 Å². The molecule has 2 aliphatic heterocycles. The molecule has 1 aromatic carbocycles. The van der Waals surface area contributed by atoms with Crippen LogP contribution in [0.15, 0.2) is 37.3 Å². The van der Waals surface area contributed by atoms with E-state index in [-0.39, 0.29) is 37.1 Å². The van der Waals surface area contributed by atoms with Crippen LogP contribution in [0.2, 0.25) is 0 Å². The van der Waals surface area contributed by atoms with Crippen LogP contribution in [0.1, 0.15) is 22.3 Å². The number of ether oxygens (including phenoxy) is 3. The molecule has 13 nitrogen and oxygen atoms in total. The first-order chi connectivity index (χ1) is 19.7. The van der Waals surface area contributed by atoms with Crippen molar-refractivity contribution in [2.45, 2.75) is 39.0 Å². The average Bonchev–Trinajstić information content (AvgIpc) is 3.58. The molecule has 2 atom stereocenters. The summed E-state index contributed by atoms with van der Waals surface area (Å²) < 4.78 is 18.5. The third-order valence-corrected chi connectivity index (χ3v) is 7.32. The van der Waals surface area contributed by atoms with Gasteiger partial charge in [-0.2, -0.15) is 10.1 Å². The maximum absolute atomic E-state index is 14.3. The van der Waals surface area contributed by atoms with Crippen molar-refractivity contribution in [3.8, 4) is 11.5 Å². The van der Waals surface area contributed by atoms with E-state index in [1.165, 1.54) is 6.08 Å². The lowest BCUT2D eigenvalue weighted by Gasteiger charge is -2.37. The van der Waals surface area contributed by atoms with E-state index in [2.05, 4.69) is 27.3 Å². The van der Waals surface area contributed by atoms with Crippen molar-refractivity contribution >= 4 is 29.4 Å². The zero-order valence-corrected chi connectivity index (χ0v) is 23.8. The quantitative estimate of drug-likeness (QED) is 0.377. The Labute approximate surface area is 238 Å². The van der Waals surface area contributed by atoms with Gasteiger partial charge in [0.15, 0.2) is 0 Å². The number of aromatic nitrogens is 4. The molecule has 3 aromatic rings. The molecular formula is C28H34N8O5. The number of urea groups is 1. The van der Waals surface area contributed by atoms with E-state index in [1.807, 2.05) is 33.2 Å². The van der Waals surface area contributed by atoms with Gasteiger partial charge in [-0.1, -0.05) is 6.58 Å². The molecule has 4 heterocycles. The van der Waals surface area contributed by atoms with Gasteiger partial charge in [-0.3, -0.25) is 19.3 Å². The van der Waals surface area contributed by atoms with Crippen molar-refractivity contribution in [1.82, 2.24) is 25.1 Å². The molecule has 5 rings (SSSR count). The molecule has 3 amide bonds. The number of carbonyl (C=O) groups is 2. The summed E-state index contributed by atoms with van der Waals surface area (Å²) in [6.45, 7) is 8.57. The van der Waals surface area contributed by atoms with E-state index >= 15 is 0 Å². The fraction of sp³-hybridized carbons (Fsp3) is 0.393. The number of aryl methyl sites for hydroxylation is 1. The number of methoxy groups -OCH3 is 2. The van der Waals surface area contributed by atoms with E-state index in [0.717, 1.165) is 22.3 Å². The summed E-state index contributed by atoms with van der Waals surface area (Å²) in [5.41, 5.74) is 3.95. The van der Waals surface area contributed by atoms with E-state index in [9.17, 15) is 9.59 Å². The third kappa shape index (κ3) is 5.40. The monoisotopic (exact) mass is 562 g/mol. The van der Waals surface area contributed by atoms with E-state index in [1.54, 1.807) is 41.1 Å². The van der Waals surface area contributed by atoms with Crippen LogP contribution in [0.3, 0.4) is 0 Å². The van der Waals surface area contributed by atoms with Crippen LogP contribution in [0, 0.1) is 13.8 Å². The van der Waals surface area contributed by atoms with Gasteiger partial charge in [0, 0.05) is 47.8 Å². The Hall–Kier alpha value is -4.65. The Bertz CT molecular complexity index is 1460. The molecule has 41 heavy (non-hydrogen) atoms. The predicted octanol–water partition coefficient (Wildman–Crippen LogP) is 2.47. The molecule has 0 aliphatic carbocycles. The van der Waals surface area contributed by atoms with Gasteiger partial charge in [0.2, 0.25) is 11.9 Å². The maximum Gasteiger partial charge on any atom is 0.330 e. The minimum atomic E-state index is -0.285. The molecular weight excluding hydrogens is 528 g/mol. The van der Waals surface area contributed by atoms with Crippen molar-refractivity contribution in [2.75, 3.05) is 42.5 Å². The predicted molar refractivity (Wildman–Crippen MR) is 152 cm³/mol. The molecule has 2 aromatic heterocycles. The number of anilines is 3. The number of fused-ring (bicyclic) bond motifs is 1. The van der Waals surface area contributed by atoms with Crippen LogP contribution in [-0.2, 0) is 29.7 Å². The lowest BCUT2D eigenvalue weighted by molar-refractivity contribution is -0.117.